The average molecular weight is 283 g/mol. The van der Waals surface area contributed by atoms with E-state index in [0.717, 1.165) is 5.56 Å². The van der Waals surface area contributed by atoms with E-state index in [4.69, 9.17) is 11.6 Å². The van der Waals surface area contributed by atoms with Crippen molar-refractivity contribution < 1.29 is 4.79 Å². The van der Waals surface area contributed by atoms with E-state index in [-0.39, 0.29) is 5.78 Å². The highest BCUT2D eigenvalue weighted by Gasteiger charge is 2.16. The molecule has 0 spiro atoms. The molecular weight excluding hydrogens is 272 g/mol. The van der Waals surface area contributed by atoms with Crippen molar-refractivity contribution in [2.45, 2.75) is 0 Å². The summed E-state index contributed by atoms with van der Waals surface area (Å²) in [5, 5.41) is 0.527. The molecule has 98 valence electrons. The van der Waals surface area contributed by atoms with Crippen molar-refractivity contribution in [3.05, 3.63) is 77.1 Å². The Morgan fingerprint density at radius 3 is 2.60 bits per heavy atom. The van der Waals surface area contributed by atoms with Crippen molar-refractivity contribution in [1.82, 2.24) is 9.97 Å². The maximum atomic E-state index is 12.6. The number of carbonyl (C=O) groups is 1. The molecule has 20 heavy (non-hydrogen) atoms. The predicted molar refractivity (Wildman–Crippen MR) is 78.9 cm³/mol. The molecule has 0 radical (unpaired) electrons. The van der Waals surface area contributed by atoms with Crippen molar-refractivity contribution >= 4 is 17.4 Å². The summed E-state index contributed by atoms with van der Waals surface area (Å²) >= 11 is 6.03. The highest BCUT2D eigenvalue weighted by atomic mass is 35.5. The summed E-state index contributed by atoms with van der Waals surface area (Å²) in [4.78, 5) is 19.8. The standard InChI is InChI=1S/C16H11ClN2O/c17-12-6-7-13(16-18-8-9-19-16)14(10-12)15(20)11-4-2-1-3-5-11/h1-10H,(H,18,19). The van der Waals surface area contributed by atoms with Gasteiger partial charge in [-0.1, -0.05) is 41.9 Å². The molecule has 1 N–H and O–H groups in total. The third-order valence-electron chi connectivity index (χ3n) is 3.02. The number of hydrogen-bond acceptors (Lipinski definition) is 2. The zero-order valence-electron chi connectivity index (χ0n) is 10.5. The second kappa shape index (κ2) is 5.31. The number of H-pyrrole nitrogens is 1. The van der Waals surface area contributed by atoms with Crippen molar-refractivity contribution in [3.63, 3.8) is 0 Å². The molecule has 0 saturated carbocycles. The van der Waals surface area contributed by atoms with E-state index in [9.17, 15) is 4.79 Å². The number of aromatic amines is 1. The molecule has 0 amide bonds. The molecule has 1 heterocycles. The van der Waals surface area contributed by atoms with Gasteiger partial charge in [-0.25, -0.2) is 4.98 Å². The number of ketones is 1. The van der Waals surface area contributed by atoms with Crippen LogP contribution in [0, 0.1) is 0 Å². The monoisotopic (exact) mass is 282 g/mol. The Hall–Kier alpha value is -2.39. The fraction of sp³-hybridized carbons (Fsp3) is 0. The first-order chi connectivity index (χ1) is 9.75. The normalized spacial score (nSPS) is 10.4. The van der Waals surface area contributed by atoms with Crippen LogP contribution in [-0.4, -0.2) is 15.8 Å². The van der Waals surface area contributed by atoms with Crippen LogP contribution in [0.3, 0.4) is 0 Å². The van der Waals surface area contributed by atoms with E-state index in [1.165, 1.54) is 0 Å². The maximum Gasteiger partial charge on any atom is 0.193 e. The third kappa shape index (κ3) is 2.36. The fourth-order valence-electron chi connectivity index (χ4n) is 2.07. The zero-order valence-corrected chi connectivity index (χ0v) is 11.3. The van der Waals surface area contributed by atoms with Gasteiger partial charge in [0.25, 0.3) is 0 Å². The number of nitrogens with one attached hydrogen (secondary N) is 1. The lowest BCUT2D eigenvalue weighted by Gasteiger charge is -2.07. The van der Waals surface area contributed by atoms with E-state index in [1.54, 1.807) is 42.7 Å². The molecule has 0 unspecified atom stereocenters. The van der Waals surface area contributed by atoms with Gasteiger partial charge in [0.1, 0.15) is 5.82 Å². The minimum atomic E-state index is -0.0699. The summed E-state index contributed by atoms with van der Waals surface area (Å²) < 4.78 is 0. The van der Waals surface area contributed by atoms with Gasteiger partial charge in [0, 0.05) is 34.1 Å². The van der Waals surface area contributed by atoms with Gasteiger partial charge in [-0.2, -0.15) is 0 Å². The maximum absolute atomic E-state index is 12.6. The first-order valence-electron chi connectivity index (χ1n) is 6.15. The Morgan fingerprint density at radius 1 is 1.10 bits per heavy atom. The number of hydrogen-bond donors (Lipinski definition) is 1. The van der Waals surface area contributed by atoms with E-state index < -0.39 is 0 Å². The minimum Gasteiger partial charge on any atom is -0.345 e. The Labute approximate surface area is 121 Å². The van der Waals surface area contributed by atoms with Crippen molar-refractivity contribution in [3.8, 4) is 11.4 Å². The van der Waals surface area contributed by atoms with Crippen LogP contribution in [-0.2, 0) is 0 Å². The zero-order chi connectivity index (χ0) is 13.9. The van der Waals surface area contributed by atoms with Gasteiger partial charge in [-0.3, -0.25) is 4.79 Å². The molecule has 0 saturated heterocycles. The van der Waals surface area contributed by atoms with E-state index >= 15 is 0 Å². The number of halogens is 1. The molecular formula is C16H11ClN2O. The number of carbonyl (C=O) groups excluding carboxylic acids is 1. The summed E-state index contributed by atoms with van der Waals surface area (Å²) in [5.74, 6) is 0.584. The Bertz CT molecular complexity index is 736. The highest BCUT2D eigenvalue weighted by Crippen LogP contribution is 2.26. The highest BCUT2D eigenvalue weighted by molar-refractivity contribution is 6.31. The topological polar surface area (TPSA) is 45.8 Å². The van der Waals surface area contributed by atoms with Crippen LogP contribution in [0.5, 0.6) is 0 Å². The average Bonchev–Trinajstić information content (AvgIpc) is 3.01. The molecule has 0 atom stereocenters. The van der Waals surface area contributed by atoms with Gasteiger partial charge in [-0.15, -0.1) is 0 Å². The number of nitrogens with zero attached hydrogens (tertiary/aromatic N) is 1. The fourth-order valence-corrected chi connectivity index (χ4v) is 2.24. The van der Waals surface area contributed by atoms with Gasteiger partial charge in [0.05, 0.1) is 0 Å². The lowest BCUT2D eigenvalue weighted by Crippen LogP contribution is -2.04. The molecule has 0 aliphatic heterocycles. The first-order valence-corrected chi connectivity index (χ1v) is 6.52. The minimum absolute atomic E-state index is 0.0699. The second-order valence-electron chi connectivity index (χ2n) is 4.32. The molecule has 0 aliphatic carbocycles. The third-order valence-corrected chi connectivity index (χ3v) is 3.25. The quantitative estimate of drug-likeness (QED) is 0.739. The van der Waals surface area contributed by atoms with Crippen LogP contribution in [0.25, 0.3) is 11.4 Å². The molecule has 3 nitrogen and oxygen atoms in total. The molecule has 0 fully saturated rings. The van der Waals surface area contributed by atoms with Crippen molar-refractivity contribution in [2.75, 3.05) is 0 Å². The number of aromatic nitrogens is 2. The molecule has 2 aromatic carbocycles. The number of imidazole rings is 1. The molecule has 3 aromatic rings. The lowest BCUT2D eigenvalue weighted by atomic mass is 9.98. The lowest BCUT2D eigenvalue weighted by molar-refractivity contribution is 0.103. The van der Waals surface area contributed by atoms with Crippen molar-refractivity contribution in [2.24, 2.45) is 0 Å². The molecule has 3 rings (SSSR count). The SMILES string of the molecule is O=C(c1ccccc1)c1cc(Cl)ccc1-c1ncc[nH]1. The van der Waals surface area contributed by atoms with Gasteiger partial charge in [0.2, 0.25) is 0 Å². The smallest absolute Gasteiger partial charge is 0.193 e. The van der Waals surface area contributed by atoms with E-state index in [2.05, 4.69) is 9.97 Å². The van der Waals surface area contributed by atoms with Crippen LogP contribution < -0.4 is 0 Å². The summed E-state index contributed by atoms with van der Waals surface area (Å²) in [6.07, 6.45) is 3.38. The molecule has 0 bridgehead atoms. The van der Waals surface area contributed by atoms with Crippen LogP contribution >= 0.6 is 11.6 Å². The summed E-state index contributed by atoms with van der Waals surface area (Å²) in [5.41, 5.74) is 1.91. The Morgan fingerprint density at radius 2 is 1.90 bits per heavy atom. The number of rotatable bonds is 3. The van der Waals surface area contributed by atoms with Crippen LogP contribution in [0.1, 0.15) is 15.9 Å². The molecule has 0 aliphatic rings. The van der Waals surface area contributed by atoms with Gasteiger partial charge in [0.15, 0.2) is 5.78 Å². The Kier molecular flexibility index (Phi) is 3.35. The first kappa shape index (κ1) is 12.6. The van der Waals surface area contributed by atoms with E-state index in [1.807, 2.05) is 18.2 Å². The molecule has 4 heteroatoms. The van der Waals surface area contributed by atoms with Gasteiger partial charge < -0.3 is 4.98 Å². The van der Waals surface area contributed by atoms with Crippen LogP contribution in [0.4, 0.5) is 0 Å². The van der Waals surface area contributed by atoms with Crippen molar-refractivity contribution in [1.29, 1.82) is 0 Å². The summed E-state index contributed by atoms with van der Waals surface area (Å²) in [6, 6.07) is 14.4. The summed E-state index contributed by atoms with van der Waals surface area (Å²) in [6.45, 7) is 0. The van der Waals surface area contributed by atoms with E-state index in [0.29, 0.717) is 22.0 Å². The summed E-state index contributed by atoms with van der Waals surface area (Å²) in [7, 11) is 0. The largest absolute Gasteiger partial charge is 0.345 e. The Balaban J connectivity index is 2.13. The van der Waals surface area contributed by atoms with Gasteiger partial charge >= 0.3 is 0 Å². The van der Waals surface area contributed by atoms with Crippen LogP contribution in [0.15, 0.2) is 60.9 Å². The van der Waals surface area contributed by atoms with Gasteiger partial charge in [-0.05, 0) is 18.2 Å². The molecule has 1 aromatic heterocycles. The number of benzene rings is 2. The second-order valence-corrected chi connectivity index (χ2v) is 4.76. The van der Waals surface area contributed by atoms with Crippen LogP contribution in [0.2, 0.25) is 5.02 Å². The predicted octanol–water partition coefficient (Wildman–Crippen LogP) is 3.96.